The summed E-state index contributed by atoms with van der Waals surface area (Å²) in [4.78, 5) is 51.4. The molecule has 0 spiro atoms. The molecule has 17 nitrogen and oxygen atoms in total. The highest BCUT2D eigenvalue weighted by Crippen LogP contribution is 2.36. The van der Waals surface area contributed by atoms with Gasteiger partial charge >= 0.3 is 11.9 Å². The second kappa shape index (κ2) is 15.6. The summed E-state index contributed by atoms with van der Waals surface area (Å²) in [6, 6.07) is 19.1. The summed E-state index contributed by atoms with van der Waals surface area (Å²) in [5, 5.41) is 26.8. The van der Waals surface area contributed by atoms with Crippen LogP contribution < -0.4 is 20.1 Å². The molecule has 0 fully saturated rings. The summed E-state index contributed by atoms with van der Waals surface area (Å²) in [6.45, 7) is 21.9. The number of hydrogen-bond donors (Lipinski definition) is 4. The quantitative estimate of drug-likeness (QED) is 0.0481. The van der Waals surface area contributed by atoms with E-state index in [4.69, 9.17) is 14.2 Å². The second-order valence-electron chi connectivity index (χ2n) is 16.2. The summed E-state index contributed by atoms with van der Waals surface area (Å²) >= 11 is 0. The van der Waals surface area contributed by atoms with E-state index in [1.165, 1.54) is 12.1 Å². The van der Waals surface area contributed by atoms with Gasteiger partial charge < -0.3 is 35.1 Å². The Labute approximate surface area is 349 Å². The highest BCUT2D eigenvalue weighted by Gasteiger charge is 2.29. The topological polar surface area (TPSA) is 188 Å². The largest absolute Gasteiger partial charge is 0.505 e. The molecule has 4 heterocycles. The van der Waals surface area contributed by atoms with Gasteiger partial charge in [0.25, 0.3) is 11.8 Å². The molecule has 0 bridgehead atoms. The Bertz CT molecular complexity index is 2990. The Kier molecular flexibility index (Phi) is 10.6. The van der Waals surface area contributed by atoms with Crippen LogP contribution in [-0.2, 0) is 14.3 Å². The van der Waals surface area contributed by atoms with E-state index in [9.17, 15) is 29.4 Å². The van der Waals surface area contributed by atoms with Gasteiger partial charge in [0.05, 0.1) is 0 Å². The lowest BCUT2D eigenvalue weighted by molar-refractivity contribution is -0.139. The van der Waals surface area contributed by atoms with Crippen molar-refractivity contribution in [3.63, 3.8) is 0 Å². The van der Waals surface area contributed by atoms with Crippen LogP contribution in [-0.4, -0.2) is 86.9 Å². The molecule has 0 aliphatic heterocycles. The fraction of sp³-hybridized carbons (Fsp3) is 0.273. The SMILES string of the molecule is C=C(C)C(=O)OCCOc1ccc(-n2n3c4ccc(C(=O)NC(C)C)cc4n23)c(O)c1.C=C(C)C(=O)Oc1cc(O)c(-n2n3c4ccc(C(=O)NC(C)(C)C)cc4n23)cc1C. The van der Waals surface area contributed by atoms with Gasteiger partial charge in [0, 0.05) is 46.0 Å². The Morgan fingerprint density at radius 2 is 1.23 bits per heavy atom. The first-order chi connectivity index (χ1) is 28.7. The number of carbonyl (C=O) groups excluding carboxylic acids is 4. The van der Waals surface area contributed by atoms with Crippen LogP contribution in [0.5, 0.6) is 23.0 Å². The predicted molar refractivity (Wildman–Crippen MR) is 227 cm³/mol. The normalized spacial score (nSPS) is 11.8. The molecule has 0 atom stereocenters. The number of ether oxygens (including phenoxy) is 3. The van der Waals surface area contributed by atoms with Gasteiger partial charge in [-0.25, -0.2) is 9.59 Å². The van der Waals surface area contributed by atoms with Gasteiger partial charge in [-0.1, -0.05) is 13.2 Å². The average molecular weight is 833 g/mol. The number of aromatic hydroxyl groups is 2. The van der Waals surface area contributed by atoms with Crippen molar-refractivity contribution in [3.05, 3.63) is 108 Å². The number of hydrogen-bond acceptors (Lipinski definition) is 9. The van der Waals surface area contributed by atoms with E-state index in [2.05, 4.69) is 23.8 Å². The van der Waals surface area contributed by atoms with Crippen LogP contribution in [0.3, 0.4) is 0 Å². The molecule has 0 unspecified atom stereocenters. The van der Waals surface area contributed by atoms with Gasteiger partial charge in [0.2, 0.25) is 0 Å². The van der Waals surface area contributed by atoms with Gasteiger partial charge in [-0.2, -0.15) is 0 Å². The number of carbonyl (C=O) groups is 4. The van der Waals surface area contributed by atoms with Gasteiger partial charge in [-0.05, 0) is 116 Å². The maximum Gasteiger partial charge on any atom is 0.338 e. The summed E-state index contributed by atoms with van der Waals surface area (Å²) in [7, 11) is 0. The van der Waals surface area contributed by atoms with Crippen molar-refractivity contribution < 1.29 is 43.6 Å². The molecule has 61 heavy (non-hydrogen) atoms. The minimum atomic E-state index is -0.544. The van der Waals surface area contributed by atoms with E-state index in [-0.39, 0.29) is 59.4 Å². The first-order valence-corrected chi connectivity index (χ1v) is 19.5. The van der Waals surface area contributed by atoms with Gasteiger partial charge in [0.1, 0.15) is 69.7 Å². The zero-order valence-electron chi connectivity index (χ0n) is 35.2. The smallest absolute Gasteiger partial charge is 0.338 e. The molecular weight excluding hydrogens is 785 g/mol. The molecule has 4 N–H and O–H groups in total. The highest BCUT2D eigenvalue weighted by molar-refractivity contribution is 5.99. The van der Waals surface area contributed by atoms with Crippen molar-refractivity contribution in [3.8, 4) is 34.4 Å². The molecule has 0 radical (unpaired) electrons. The second-order valence-corrected chi connectivity index (χ2v) is 16.2. The first-order valence-electron chi connectivity index (χ1n) is 19.5. The number of aromatic nitrogens is 6. The van der Waals surface area contributed by atoms with E-state index in [1.54, 1.807) is 60.7 Å². The van der Waals surface area contributed by atoms with Crippen molar-refractivity contribution in [2.75, 3.05) is 13.2 Å². The number of fused-ring (bicyclic) bond motifs is 8. The lowest BCUT2D eigenvalue weighted by atomic mass is 10.1. The number of amides is 2. The van der Waals surface area contributed by atoms with Gasteiger partial charge in [-0.3, -0.25) is 9.59 Å². The third kappa shape index (κ3) is 8.21. The van der Waals surface area contributed by atoms with Crippen LogP contribution in [0.15, 0.2) is 91.0 Å². The summed E-state index contributed by atoms with van der Waals surface area (Å²) in [5.74, 6) is -0.531. The molecule has 318 valence electrons. The predicted octanol–water partition coefficient (Wildman–Crippen LogP) is 6.21. The maximum absolute atomic E-state index is 12.4. The number of nitrogens with zero attached hydrogens (tertiary/aromatic N) is 6. The molecule has 17 heteroatoms. The van der Waals surface area contributed by atoms with Crippen LogP contribution in [0, 0.1) is 6.92 Å². The van der Waals surface area contributed by atoms with Crippen LogP contribution in [0.1, 0.15) is 74.7 Å². The van der Waals surface area contributed by atoms with Crippen LogP contribution in [0.25, 0.3) is 33.4 Å². The minimum Gasteiger partial charge on any atom is -0.505 e. The highest BCUT2D eigenvalue weighted by atomic mass is 16.6. The third-order valence-corrected chi connectivity index (χ3v) is 9.40. The number of aryl methyl sites for hydroxylation is 1. The Morgan fingerprint density at radius 3 is 1.77 bits per heavy atom. The van der Waals surface area contributed by atoms with Crippen LogP contribution in [0.4, 0.5) is 0 Å². The van der Waals surface area contributed by atoms with E-state index in [1.807, 2.05) is 77.4 Å². The van der Waals surface area contributed by atoms with Crippen molar-refractivity contribution in [1.29, 1.82) is 0 Å². The number of esters is 2. The molecule has 8 rings (SSSR count). The van der Waals surface area contributed by atoms with Crippen LogP contribution >= 0.6 is 0 Å². The standard InChI is InChI=1S/C22H24N4O5.C22H24N4O4/c1-13(2)22(29)31-10-9-30-16-6-8-18(20(27)12-16)25-24-17-7-5-15(11-19(17)26(24)25)21(28)23-14(3)4;1-12(2)21(29)30-19-11-18(27)17(9-13(19)3)26-24-15-8-7-14(10-16(15)25(24)26)20(28)23-22(4,5)6/h5-8,11-12,14,27H,1,9-10H2,2-4H3,(H,23,28);7-11,27H,1H2,2-6H3,(H,23,28). The van der Waals surface area contributed by atoms with Crippen LogP contribution in [0.2, 0.25) is 0 Å². The van der Waals surface area contributed by atoms with Crippen molar-refractivity contribution in [1.82, 2.24) is 38.7 Å². The van der Waals surface area contributed by atoms with Crippen molar-refractivity contribution in [2.24, 2.45) is 0 Å². The Hall–Kier alpha value is -7.56. The summed E-state index contributed by atoms with van der Waals surface area (Å²) < 4.78 is 23.2. The fourth-order valence-corrected chi connectivity index (χ4v) is 6.43. The van der Waals surface area contributed by atoms with E-state index >= 15 is 0 Å². The number of nitrogens with one attached hydrogen (secondary N) is 2. The van der Waals surface area contributed by atoms with E-state index in [0.29, 0.717) is 39.4 Å². The number of phenolic OH excluding ortho intramolecular Hbond substituents is 2. The summed E-state index contributed by atoms with van der Waals surface area (Å²) in [5.41, 5.74) is 6.87. The zero-order valence-corrected chi connectivity index (χ0v) is 35.2. The zero-order chi connectivity index (χ0) is 44.2. The molecule has 0 saturated carbocycles. The monoisotopic (exact) mass is 832 g/mol. The molecule has 0 aliphatic carbocycles. The molecule has 0 saturated heterocycles. The van der Waals surface area contributed by atoms with Crippen molar-refractivity contribution in [2.45, 2.75) is 67.0 Å². The Morgan fingerprint density at radius 1 is 0.689 bits per heavy atom. The lowest BCUT2D eigenvalue weighted by Crippen LogP contribution is -2.40. The molecular formula is C44H48N8O9. The number of rotatable bonds is 12. The fourth-order valence-electron chi connectivity index (χ4n) is 6.43. The van der Waals surface area contributed by atoms with E-state index in [0.717, 1.165) is 22.1 Å². The van der Waals surface area contributed by atoms with Gasteiger partial charge in [-0.15, -0.1) is 28.1 Å². The molecule has 8 aromatic rings. The number of phenols is 2. The first kappa shape index (κ1) is 41.6. The molecule has 0 aliphatic rings. The third-order valence-electron chi connectivity index (χ3n) is 9.40. The average Bonchev–Trinajstić information content (AvgIpc) is 4.04. The minimum absolute atomic E-state index is 0.0314. The molecule has 2 amide bonds. The summed E-state index contributed by atoms with van der Waals surface area (Å²) in [6.07, 6.45) is 0. The maximum atomic E-state index is 12.4. The van der Waals surface area contributed by atoms with Crippen molar-refractivity contribution >= 4 is 45.8 Å². The van der Waals surface area contributed by atoms with Gasteiger partial charge in [0.15, 0.2) is 0 Å². The molecule has 4 aromatic carbocycles. The molecule has 4 aromatic heterocycles. The lowest BCUT2D eigenvalue weighted by Gasteiger charge is -2.20. The van der Waals surface area contributed by atoms with E-state index < -0.39 is 11.9 Å². The number of benzene rings is 4. The Balaban J connectivity index is 0.000000184.